The Morgan fingerprint density at radius 2 is 0.605 bits per heavy atom. The highest BCUT2D eigenvalue weighted by Crippen LogP contribution is 2.42. The Morgan fingerprint density at radius 3 is 1.05 bits per heavy atom. The third-order valence-corrected chi connectivity index (χ3v) is 8.00. The van der Waals surface area contributed by atoms with Gasteiger partial charge in [0.2, 0.25) is 0 Å². The molecule has 0 unspecified atom stereocenters. The Morgan fingerprint density at radius 1 is 0.237 bits per heavy atom. The van der Waals surface area contributed by atoms with Crippen LogP contribution in [0.4, 0.5) is 0 Å². The molecule has 0 amide bonds. The Balaban J connectivity index is 1.47. The monoisotopic (exact) mass is 480 g/mol. The number of benzene rings is 8. The van der Waals surface area contributed by atoms with Gasteiger partial charge in [-0.2, -0.15) is 0 Å². The summed E-state index contributed by atoms with van der Waals surface area (Å²) in [5, 5.41) is 12.8. The molecule has 8 rings (SSSR count). The van der Waals surface area contributed by atoms with Crippen molar-refractivity contribution in [3.63, 3.8) is 0 Å². The van der Waals surface area contributed by atoms with Gasteiger partial charge in [-0.15, -0.1) is 0 Å². The molecule has 0 fully saturated rings. The van der Waals surface area contributed by atoms with Crippen molar-refractivity contribution < 1.29 is 0 Å². The van der Waals surface area contributed by atoms with Crippen LogP contribution in [0.5, 0.6) is 0 Å². The van der Waals surface area contributed by atoms with E-state index in [2.05, 4.69) is 146 Å². The molecule has 0 nitrogen and oxygen atoms in total. The predicted octanol–water partition coefficient (Wildman–Crippen LogP) is 10.8. The zero-order valence-electron chi connectivity index (χ0n) is 20.9. The van der Waals surface area contributed by atoms with Gasteiger partial charge in [-0.05, 0) is 100 Å². The van der Waals surface area contributed by atoms with Crippen molar-refractivity contribution in [3.05, 3.63) is 146 Å². The van der Waals surface area contributed by atoms with Crippen LogP contribution in [0.2, 0.25) is 0 Å². The molecule has 8 aromatic carbocycles. The smallest absolute Gasteiger partial charge is 0.00923 e. The molecule has 0 N–H and O–H groups in total. The molecule has 0 aliphatic heterocycles. The highest BCUT2D eigenvalue weighted by Gasteiger charge is 2.14. The molecule has 0 atom stereocenters. The summed E-state index contributed by atoms with van der Waals surface area (Å²) in [7, 11) is 0. The second-order valence-corrected chi connectivity index (χ2v) is 10.2. The van der Waals surface area contributed by atoms with Gasteiger partial charge in [0.1, 0.15) is 0 Å². The highest BCUT2D eigenvalue weighted by atomic mass is 14.2. The fourth-order valence-electron chi connectivity index (χ4n) is 6.14. The topological polar surface area (TPSA) is 0 Å². The number of rotatable bonds is 2. The maximum atomic E-state index is 2.41. The molecular weight excluding hydrogens is 456 g/mol. The first-order chi connectivity index (χ1) is 18.8. The van der Waals surface area contributed by atoms with Crippen molar-refractivity contribution in [2.24, 2.45) is 0 Å². The molecule has 0 saturated heterocycles. The minimum absolute atomic E-state index is 1.25. The molecule has 8 aromatic rings. The molecule has 0 aromatic heterocycles. The summed E-state index contributed by atoms with van der Waals surface area (Å²) in [6.07, 6.45) is 0. The summed E-state index contributed by atoms with van der Waals surface area (Å²) < 4.78 is 0. The molecule has 176 valence electrons. The van der Waals surface area contributed by atoms with Crippen LogP contribution < -0.4 is 0 Å². The van der Waals surface area contributed by atoms with E-state index in [9.17, 15) is 0 Å². The summed E-state index contributed by atoms with van der Waals surface area (Å²) in [4.78, 5) is 0. The van der Waals surface area contributed by atoms with E-state index < -0.39 is 0 Å². The molecule has 0 bridgehead atoms. The van der Waals surface area contributed by atoms with Gasteiger partial charge in [0.05, 0.1) is 0 Å². The van der Waals surface area contributed by atoms with Crippen molar-refractivity contribution >= 4 is 53.9 Å². The summed E-state index contributed by atoms with van der Waals surface area (Å²) >= 11 is 0. The van der Waals surface area contributed by atoms with Crippen molar-refractivity contribution in [1.29, 1.82) is 0 Å². The third-order valence-electron chi connectivity index (χ3n) is 8.00. The lowest BCUT2D eigenvalue weighted by Crippen LogP contribution is -1.89. The molecule has 0 heterocycles. The quantitative estimate of drug-likeness (QED) is 0.216. The fraction of sp³-hybridized carbons (Fsp3) is 0. The van der Waals surface area contributed by atoms with E-state index in [1.165, 1.54) is 76.1 Å². The molecule has 38 heavy (non-hydrogen) atoms. The number of hydrogen-bond acceptors (Lipinski definition) is 0. The molecule has 0 aliphatic carbocycles. The summed E-state index contributed by atoms with van der Waals surface area (Å²) in [6, 6.07) is 53.4. The highest BCUT2D eigenvalue weighted by molar-refractivity contribution is 6.24. The second kappa shape index (κ2) is 8.30. The molecule has 0 radical (unpaired) electrons. The van der Waals surface area contributed by atoms with Gasteiger partial charge >= 0.3 is 0 Å². The molecule has 0 heteroatoms. The lowest BCUT2D eigenvalue weighted by Gasteiger charge is -2.16. The normalized spacial score (nSPS) is 11.7. The van der Waals surface area contributed by atoms with Crippen molar-refractivity contribution in [2.75, 3.05) is 0 Å². The van der Waals surface area contributed by atoms with Crippen molar-refractivity contribution in [3.8, 4) is 22.3 Å². The van der Waals surface area contributed by atoms with E-state index in [4.69, 9.17) is 0 Å². The summed E-state index contributed by atoms with van der Waals surface area (Å²) in [5.41, 5.74) is 5.07. The Bertz CT molecular complexity index is 2020. The van der Waals surface area contributed by atoms with Crippen molar-refractivity contribution in [2.45, 2.75) is 0 Å². The fourth-order valence-corrected chi connectivity index (χ4v) is 6.14. The van der Waals surface area contributed by atoms with Crippen LogP contribution in [0.1, 0.15) is 0 Å². The standard InChI is InChI=1S/C38H24/c1-3-11-27-21-29(19-17-25(27)9-1)35-23-37-34-16-8-6-14-32(34)36(24-38(37)33-15-7-5-13-31(33)35)30-20-18-26-10-2-4-12-28(26)22-30/h1-24H. The van der Waals surface area contributed by atoms with E-state index in [0.29, 0.717) is 0 Å². The van der Waals surface area contributed by atoms with Gasteiger partial charge in [-0.25, -0.2) is 0 Å². The van der Waals surface area contributed by atoms with Crippen LogP contribution in [0.15, 0.2) is 146 Å². The Kier molecular flexibility index (Phi) is 4.62. The molecular formula is C38H24. The van der Waals surface area contributed by atoms with E-state index in [0.717, 1.165) is 0 Å². The van der Waals surface area contributed by atoms with E-state index in [1.54, 1.807) is 0 Å². The van der Waals surface area contributed by atoms with E-state index in [1.807, 2.05) is 0 Å². The zero-order chi connectivity index (χ0) is 25.1. The van der Waals surface area contributed by atoms with E-state index >= 15 is 0 Å². The van der Waals surface area contributed by atoms with Crippen LogP contribution in [-0.4, -0.2) is 0 Å². The second-order valence-electron chi connectivity index (χ2n) is 10.2. The van der Waals surface area contributed by atoms with Crippen LogP contribution in [-0.2, 0) is 0 Å². The lowest BCUT2D eigenvalue weighted by molar-refractivity contribution is 1.69. The maximum absolute atomic E-state index is 2.41. The van der Waals surface area contributed by atoms with Gasteiger partial charge in [-0.3, -0.25) is 0 Å². The largest absolute Gasteiger partial charge is 0.0616 e. The van der Waals surface area contributed by atoms with Crippen LogP contribution in [0, 0.1) is 0 Å². The zero-order valence-corrected chi connectivity index (χ0v) is 20.9. The van der Waals surface area contributed by atoms with Crippen molar-refractivity contribution in [1.82, 2.24) is 0 Å². The first-order valence-electron chi connectivity index (χ1n) is 13.2. The minimum atomic E-state index is 1.25. The Labute approximate surface area is 221 Å². The van der Waals surface area contributed by atoms with Gasteiger partial charge < -0.3 is 0 Å². The lowest BCUT2D eigenvalue weighted by atomic mass is 9.87. The molecule has 0 spiro atoms. The van der Waals surface area contributed by atoms with Gasteiger partial charge in [0.15, 0.2) is 0 Å². The van der Waals surface area contributed by atoms with Crippen LogP contribution >= 0.6 is 0 Å². The van der Waals surface area contributed by atoms with Gasteiger partial charge in [0.25, 0.3) is 0 Å². The summed E-state index contributed by atoms with van der Waals surface area (Å²) in [6.45, 7) is 0. The average molecular weight is 481 g/mol. The molecule has 0 aliphatic rings. The first-order valence-corrected chi connectivity index (χ1v) is 13.2. The predicted molar refractivity (Wildman–Crippen MR) is 165 cm³/mol. The average Bonchev–Trinajstić information content (AvgIpc) is 2.99. The van der Waals surface area contributed by atoms with Gasteiger partial charge in [-0.1, -0.05) is 121 Å². The van der Waals surface area contributed by atoms with E-state index in [-0.39, 0.29) is 0 Å². The third kappa shape index (κ3) is 3.24. The SMILES string of the molecule is c1ccc2cc(-c3cc4c5ccccc5c(-c5ccc6ccccc6c5)cc4c4ccccc34)ccc2c1. The first kappa shape index (κ1) is 21.2. The minimum Gasteiger partial charge on any atom is -0.0616 e. The van der Waals surface area contributed by atoms with Crippen LogP contribution in [0.3, 0.4) is 0 Å². The van der Waals surface area contributed by atoms with Crippen LogP contribution in [0.25, 0.3) is 76.1 Å². The summed E-state index contributed by atoms with van der Waals surface area (Å²) in [5.74, 6) is 0. The van der Waals surface area contributed by atoms with Gasteiger partial charge in [0, 0.05) is 0 Å². The number of hydrogen-bond donors (Lipinski definition) is 0. The Hall–Kier alpha value is -4.94. The molecule has 0 saturated carbocycles. The number of fused-ring (bicyclic) bond motifs is 7. The maximum Gasteiger partial charge on any atom is -0.00923 e.